The van der Waals surface area contributed by atoms with Gasteiger partial charge in [0.1, 0.15) is 0 Å². The molecule has 3 N–H and O–H groups in total. The fourth-order valence-corrected chi connectivity index (χ4v) is 7.43. The summed E-state index contributed by atoms with van der Waals surface area (Å²) in [5.74, 6) is 2.25. The minimum absolute atomic E-state index is 0.00925. The van der Waals surface area contributed by atoms with Crippen LogP contribution in [0.5, 0.6) is 0 Å². The van der Waals surface area contributed by atoms with Gasteiger partial charge in [-0.3, -0.25) is 10.0 Å². The Hall–Kier alpha value is -1.44. The maximum Gasteiger partial charge on any atom is 0.247 e. The van der Waals surface area contributed by atoms with Crippen molar-refractivity contribution in [3.8, 4) is 0 Å². The van der Waals surface area contributed by atoms with E-state index in [4.69, 9.17) is 5.21 Å². The van der Waals surface area contributed by atoms with Crippen LogP contribution in [0.3, 0.4) is 0 Å². The minimum atomic E-state index is -3.54. The predicted octanol–water partition coefficient (Wildman–Crippen LogP) is 3.01. The molecular formula is C21H30N2O4S. The molecule has 4 saturated carbocycles. The van der Waals surface area contributed by atoms with Gasteiger partial charge in [0.25, 0.3) is 0 Å². The summed E-state index contributed by atoms with van der Waals surface area (Å²) in [6.45, 7) is 0.471. The summed E-state index contributed by atoms with van der Waals surface area (Å²) in [6, 6.07) is 6.20. The van der Waals surface area contributed by atoms with Crippen molar-refractivity contribution in [1.82, 2.24) is 10.2 Å². The van der Waals surface area contributed by atoms with Crippen LogP contribution in [-0.2, 0) is 21.2 Å². The second-order valence-electron chi connectivity index (χ2n) is 9.27. The summed E-state index contributed by atoms with van der Waals surface area (Å²) in [4.78, 5) is 11.4. The smallest absolute Gasteiger partial charge is 0.247 e. The summed E-state index contributed by atoms with van der Waals surface area (Å²) in [6.07, 6.45) is 10.4. The quantitative estimate of drug-likeness (QED) is 0.351. The van der Waals surface area contributed by atoms with Gasteiger partial charge in [-0.2, -0.15) is 0 Å². The van der Waals surface area contributed by atoms with E-state index >= 15 is 0 Å². The van der Waals surface area contributed by atoms with Gasteiger partial charge in [0, 0.05) is 6.54 Å². The number of hydrogen-bond donors (Lipinski definition) is 3. The van der Waals surface area contributed by atoms with E-state index in [9.17, 15) is 13.2 Å². The monoisotopic (exact) mass is 406 g/mol. The molecule has 0 unspecified atom stereocenters. The lowest BCUT2D eigenvalue weighted by atomic mass is 9.48. The number of sulfonamides is 1. The molecule has 1 amide bonds. The molecule has 0 atom stereocenters. The Kier molecular flexibility index (Phi) is 5.51. The highest BCUT2D eigenvalue weighted by Crippen LogP contribution is 2.61. The maximum atomic E-state index is 12.5. The van der Waals surface area contributed by atoms with Crippen LogP contribution >= 0.6 is 0 Å². The first-order chi connectivity index (χ1) is 13.4. The van der Waals surface area contributed by atoms with Gasteiger partial charge in [-0.1, -0.05) is 12.1 Å². The van der Waals surface area contributed by atoms with Gasteiger partial charge in [-0.15, -0.1) is 0 Å². The standard InChI is InChI=1S/C21H30N2O4S/c24-20(23-25)11-15-2-4-19(5-3-15)28(26,27)22-7-1-6-21-12-16-8-17(13-21)10-18(9-16)14-21/h2-5,16-18,22,25H,1,6-14H2,(H,23,24). The highest BCUT2D eigenvalue weighted by atomic mass is 32.2. The zero-order chi connectivity index (χ0) is 19.8. The molecule has 0 heterocycles. The van der Waals surface area contributed by atoms with Crippen LogP contribution in [0.4, 0.5) is 0 Å². The van der Waals surface area contributed by atoms with E-state index in [0.717, 1.165) is 30.6 Å². The third kappa shape index (κ3) is 4.26. The van der Waals surface area contributed by atoms with Crippen LogP contribution in [0.15, 0.2) is 29.2 Å². The lowest BCUT2D eigenvalue weighted by Gasteiger charge is -2.57. The van der Waals surface area contributed by atoms with E-state index < -0.39 is 15.9 Å². The average Bonchev–Trinajstić information content (AvgIpc) is 2.64. The topological polar surface area (TPSA) is 95.5 Å². The first-order valence-corrected chi connectivity index (χ1v) is 11.9. The Morgan fingerprint density at radius 1 is 1.04 bits per heavy atom. The van der Waals surface area contributed by atoms with Gasteiger partial charge < -0.3 is 0 Å². The predicted molar refractivity (Wildman–Crippen MR) is 105 cm³/mol. The number of amides is 1. The highest BCUT2D eigenvalue weighted by Gasteiger charge is 2.50. The zero-order valence-corrected chi connectivity index (χ0v) is 17.0. The van der Waals surface area contributed by atoms with Gasteiger partial charge in [0.2, 0.25) is 15.9 Å². The Labute approximate surface area is 167 Å². The van der Waals surface area contributed by atoms with Crippen molar-refractivity contribution in [2.75, 3.05) is 6.54 Å². The normalized spacial score (nSPS) is 31.1. The molecular weight excluding hydrogens is 376 g/mol. The molecule has 4 fully saturated rings. The number of carbonyl (C=O) groups is 1. The highest BCUT2D eigenvalue weighted by molar-refractivity contribution is 7.89. The molecule has 154 valence electrons. The number of benzene rings is 1. The number of hydrogen-bond acceptors (Lipinski definition) is 4. The van der Waals surface area contributed by atoms with E-state index in [1.807, 2.05) is 0 Å². The second kappa shape index (κ2) is 7.76. The molecule has 5 rings (SSSR count). The van der Waals surface area contributed by atoms with Crippen molar-refractivity contribution >= 4 is 15.9 Å². The number of carbonyl (C=O) groups excluding carboxylic acids is 1. The minimum Gasteiger partial charge on any atom is -0.289 e. The van der Waals surface area contributed by atoms with E-state index in [1.54, 1.807) is 17.6 Å². The fourth-order valence-electron chi connectivity index (χ4n) is 6.36. The summed E-state index contributed by atoms with van der Waals surface area (Å²) < 4.78 is 27.8. The number of hydroxylamine groups is 1. The van der Waals surface area contributed by atoms with E-state index in [2.05, 4.69) is 4.72 Å². The summed E-state index contributed by atoms with van der Waals surface area (Å²) in [5, 5.41) is 8.56. The molecule has 4 aliphatic carbocycles. The van der Waals surface area contributed by atoms with Crippen molar-refractivity contribution < 1.29 is 18.4 Å². The van der Waals surface area contributed by atoms with Crippen LogP contribution in [-0.4, -0.2) is 26.1 Å². The van der Waals surface area contributed by atoms with Gasteiger partial charge in [0.15, 0.2) is 0 Å². The van der Waals surface area contributed by atoms with Crippen molar-refractivity contribution in [3.05, 3.63) is 29.8 Å². The zero-order valence-electron chi connectivity index (χ0n) is 16.2. The maximum absolute atomic E-state index is 12.5. The molecule has 4 aliphatic rings. The molecule has 4 bridgehead atoms. The lowest BCUT2D eigenvalue weighted by molar-refractivity contribution is -0.128. The molecule has 0 saturated heterocycles. The SMILES string of the molecule is O=C(Cc1ccc(S(=O)(=O)NCCCC23CC4CC(CC(C4)C2)C3)cc1)NO. The number of nitrogens with one attached hydrogen (secondary N) is 2. The number of rotatable bonds is 8. The summed E-state index contributed by atoms with van der Waals surface area (Å²) in [7, 11) is -3.54. The van der Waals surface area contributed by atoms with Crippen molar-refractivity contribution in [2.45, 2.75) is 62.7 Å². The third-order valence-electron chi connectivity index (χ3n) is 7.06. The molecule has 0 radical (unpaired) electrons. The summed E-state index contributed by atoms with van der Waals surface area (Å²) >= 11 is 0. The Morgan fingerprint density at radius 3 is 2.14 bits per heavy atom. The molecule has 1 aromatic rings. The molecule has 0 spiro atoms. The van der Waals surface area contributed by atoms with Gasteiger partial charge >= 0.3 is 0 Å². The molecule has 6 nitrogen and oxygen atoms in total. The molecule has 0 aliphatic heterocycles. The third-order valence-corrected chi connectivity index (χ3v) is 8.54. The van der Waals surface area contributed by atoms with Gasteiger partial charge in [-0.25, -0.2) is 18.6 Å². The van der Waals surface area contributed by atoms with E-state index in [0.29, 0.717) is 17.5 Å². The van der Waals surface area contributed by atoms with Crippen LogP contribution < -0.4 is 10.2 Å². The Morgan fingerprint density at radius 2 is 1.61 bits per heavy atom. The van der Waals surface area contributed by atoms with Crippen LogP contribution in [0, 0.1) is 23.2 Å². The van der Waals surface area contributed by atoms with Crippen LogP contribution in [0.1, 0.15) is 56.9 Å². The Bertz CT molecular complexity index is 784. The van der Waals surface area contributed by atoms with Crippen LogP contribution in [0.2, 0.25) is 0 Å². The lowest BCUT2D eigenvalue weighted by Crippen LogP contribution is -2.46. The molecule has 7 heteroatoms. The van der Waals surface area contributed by atoms with Crippen molar-refractivity contribution in [1.29, 1.82) is 0 Å². The van der Waals surface area contributed by atoms with E-state index in [1.165, 1.54) is 50.7 Å². The summed E-state index contributed by atoms with van der Waals surface area (Å²) in [5.41, 5.74) is 2.70. The average molecular weight is 407 g/mol. The second-order valence-corrected chi connectivity index (χ2v) is 11.0. The first kappa shape index (κ1) is 19.9. The molecule has 1 aromatic carbocycles. The van der Waals surface area contributed by atoms with Crippen molar-refractivity contribution in [3.63, 3.8) is 0 Å². The fraction of sp³-hybridized carbons (Fsp3) is 0.667. The van der Waals surface area contributed by atoms with Crippen LogP contribution in [0.25, 0.3) is 0 Å². The van der Waals surface area contributed by atoms with Crippen molar-refractivity contribution in [2.24, 2.45) is 23.2 Å². The Balaban J connectivity index is 1.28. The van der Waals surface area contributed by atoms with E-state index in [-0.39, 0.29) is 11.3 Å². The van der Waals surface area contributed by atoms with Gasteiger partial charge in [0.05, 0.1) is 11.3 Å². The molecule has 0 aromatic heterocycles. The largest absolute Gasteiger partial charge is 0.289 e. The molecule has 28 heavy (non-hydrogen) atoms. The van der Waals surface area contributed by atoms with Gasteiger partial charge in [-0.05, 0) is 92.2 Å². The first-order valence-electron chi connectivity index (χ1n) is 10.4.